The highest BCUT2D eigenvalue weighted by atomic mass is 79.9. The van der Waals surface area contributed by atoms with Crippen LogP contribution in [0.1, 0.15) is 22.8 Å². The van der Waals surface area contributed by atoms with Crippen molar-refractivity contribution in [3.05, 3.63) is 33.9 Å². The van der Waals surface area contributed by atoms with Crippen molar-refractivity contribution in [3.8, 4) is 0 Å². The number of carbonyl (C=O) groups excluding carboxylic acids is 1. The van der Waals surface area contributed by atoms with Gasteiger partial charge in [-0.1, -0.05) is 12.1 Å². The van der Waals surface area contributed by atoms with E-state index in [1.165, 1.54) is 6.20 Å². The van der Waals surface area contributed by atoms with E-state index in [0.29, 0.717) is 17.9 Å². The van der Waals surface area contributed by atoms with Crippen LogP contribution in [0, 0.1) is 6.92 Å². The van der Waals surface area contributed by atoms with Crippen molar-refractivity contribution in [3.63, 3.8) is 0 Å². The second-order valence-electron chi connectivity index (χ2n) is 3.90. The van der Waals surface area contributed by atoms with Crippen molar-refractivity contribution < 1.29 is 9.53 Å². The first-order chi connectivity index (χ1) is 8.56. The zero-order valence-electron chi connectivity index (χ0n) is 10.2. The van der Waals surface area contributed by atoms with E-state index in [-0.39, 0.29) is 0 Å². The molecule has 0 fully saturated rings. The number of fused-ring (bicyclic) bond motifs is 1. The van der Waals surface area contributed by atoms with E-state index in [1.807, 2.05) is 19.1 Å². The average molecular weight is 309 g/mol. The van der Waals surface area contributed by atoms with Gasteiger partial charge in [0.1, 0.15) is 5.56 Å². The predicted molar refractivity (Wildman–Crippen MR) is 74.5 cm³/mol. The fourth-order valence-corrected chi connectivity index (χ4v) is 2.17. The first kappa shape index (κ1) is 12.8. The number of hydrogen-bond donors (Lipinski definition) is 1. The summed E-state index contributed by atoms with van der Waals surface area (Å²) in [5.41, 5.74) is 8.53. The molecule has 0 aliphatic heterocycles. The third-order valence-electron chi connectivity index (χ3n) is 2.71. The minimum absolute atomic E-state index is 0.306. The second kappa shape index (κ2) is 4.94. The number of nitrogens with zero attached hydrogens (tertiary/aromatic N) is 1. The molecule has 2 N–H and O–H groups in total. The summed E-state index contributed by atoms with van der Waals surface area (Å²) in [4.78, 5) is 16.0. The van der Waals surface area contributed by atoms with Crippen LogP contribution in [0.15, 0.2) is 22.8 Å². The smallest absolute Gasteiger partial charge is 0.341 e. The SMILES string of the molecule is CCOC(=O)c1cnc2c(Br)c(C)ccc2c1N. The van der Waals surface area contributed by atoms with E-state index < -0.39 is 5.97 Å². The van der Waals surface area contributed by atoms with Gasteiger partial charge in [0.05, 0.1) is 17.8 Å². The summed E-state index contributed by atoms with van der Waals surface area (Å²) in [5, 5.41) is 0.748. The van der Waals surface area contributed by atoms with Gasteiger partial charge in [0.15, 0.2) is 0 Å². The summed E-state index contributed by atoms with van der Waals surface area (Å²) in [6, 6.07) is 3.79. The molecule has 0 spiro atoms. The van der Waals surface area contributed by atoms with E-state index in [2.05, 4.69) is 20.9 Å². The molecule has 0 bridgehead atoms. The Balaban J connectivity index is 2.65. The Kier molecular flexibility index (Phi) is 3.52. The molecule has 0 radical (unpaired) electrons. The third-order valence-corrected chi connectivity index (χ3v) is 3.71. The number of rotatable bonds is 2. The summed E-state index contributed by atoms with van der Waals surface area (Å²) in [6.45, 7) is 4.04. The number of benzene rings is 1. The van der Waals surface area contributed by atoms with Crippen LogP contribution in [0.25, 0.3) is 10.9 Å². The molecule has 0 aliphatic rings. The summed E-state index contributed by atoms with van der Waals surface area (Å²) >= 11 is 3.47. The van der Waals surface area contributed by atoms with Crippen molar-refractivity contribution in [1.29, 1.82) is 0 Å². The van der Waals surface area contributed by atoms with E-state index in [1.54, 1.807) is 6.92 Å². The number of nitrogen functional groups attached to an aromatic ring is 1. The molecule has 0 atom stereocenters. The number of aromatic nitrogens is 1. The van der Waals surface area contributed by atoms with Crippen LogP contribution in [0.5, 0.6) is 0 Å². The summed E-state index contributed by atoms with van der Waals surface area (Å²) < 4.78 is 5.83. The van der Waals surface area contributed by atoms with Gasteiger partial charge in [0, 0.05) is 16.1 Å². The molecule has 5 heteroatoms. The van der Waals surface area contributed by atoms with Crippen molar-refractivity contribution in [2.45, 2.75) is 13.8 Å². The van der Waals surface area contributed by atoms with Crippen molar-refractivity contribution in [1.82, 2.24) is 4.98 Å². The molecule has 2 rings (SSSR count). The molecular weight excluding hydrogens is 296 g/mol. The highest BCUT2D eigenvalue weighted by Gasteiger charge is 2.15. The molecule has 4 nitrogen and oxygen atoms in total. The molecule has 94 valence electrons. The number of esters is 1. The standard InChI is InChI=1S/C13H13BrN2O2/c1-3-18-13(17)9-6-16-12-8(11(9)15)5-4-7(2)10(12)14/h4-6H,3H2,1-2H3,(H2,15,16). The zero-order valence-corrected chi connectivity index (χ0v) is 11.7. The second-order valence-corrected chi connectivity index (χ2v) is 4.69. The molecule has 1 heterocycles. The van der Waals surface area contributed by atoms with Crippen LogP contribution in [-0.2, 0) is 4.74 Å². The molecule has 0 amide bonds. The van der Waals surface area contributed by atoms with Gasteiger partial charge in [0.2, 0.25) is 0 Å². The summed E-state index contributed by atoms with van der Waals surface area (Å²) in [7, 11) is 0. The molecule has 0 aliphatic carbocycles. The van der Waals surface area contributed by atoms with Gasteiger partial charge in [-0.3, -0.25) is 4.98 Å². The lowest BCUT2D eigenvalue weighted by Gasteiger charge is -2.09. The van der Waals surface area contributed by atoms with Gasteiger partial charge in [-0.15, -0.1) is 0 Å². The van der Waals surface area contributed by atoms with Crippen LogP contribution in [0.4, 0.5) is 5.69 Å². The lowest BCUT2D eigenvalue weighted by molar-refractivity contribution is 0.0527. The quantitative estimate of drug-likeness (QED) is 0.866. The van der Waals surface area contributed by atoms with E-state index in [4.69, 9.17) is 10.5 Å². The molecule has 1 aromatic carbocycles. The summed E-state index contributed by atoms with van der Waals surface area (Å²) in [5.74, 6) is -0.443. The topological polar surface area (TPSA) is 65.2 Å². The molecule has 0 unspecified atom stereocenters. The Hall–Kier alpha value is -1.62. The normalized spacial score (nSPS) is 10.6. The van der Waals surface area contributed by atoms with Gasteiger partial charge < -0.3 is 10.5 Å². The highest BCUT2D eigenvalue weighted by Crippen LogP contribution is 2.30. The number of halogens is 1. The van der Waals surface area contributed by atoms with Gasteiger partial charge >= 0.3 is 5.97 Å². The first-order valence-electron chi connectivity index (χ1n) is 5.56. The van der Waals surface area contributed by atoms with E-state index in [0.717, 1.165) is 20.9 Å². The Labute approximate surface area is 113 Å². The Bertz CT molecular complexity index is 626. The maximum atomic E-state index is 11.7. The van der Waals surface area contributed by atoms with E-state index in [9.17, 15) is 4.79 Å². The molecule has 1 aromatic heterocycles. The number of carbonyl (C=O) groups is 1. The van der Waals surface area contributed by atoms with Crippen LogP contribution in [-0.4, -0.2) is 17.6 Å². The van der Waals surface area contributed by atoms with Gasteiger partial charge in [-0.05, 0) is 35.3 Å². The van der Waals surface area contributed by atoms with Crippen molar-refractivity contribution in [2.24, 2.45) is 0 Å². The van der Waals surface area contributed by atoms with Crippen LogP contribution in [0.3, 0.4) is 0 Å². The Morgan fingerprint density at radius 3 is 2.89 bits per heavy atom. The fraction of sp³-hybridized carbons (Fsp3) is 0.231. The number of anilines is 1. The molecule has 18 heavy (non-hydrogen) atoms. The van der Waals surface area contributed by atoms with Crippen LogP contribution in [0.2, 0.25) is 0 Å². The Morgan fingerprint density at radius 1 is 1.50 bits per heavy atom. The number of pyridine rings is 1. The van der Waals surface area contributed by atoms with Gasteiger partial charge in [-0.2, -0.15) is 0 Å². The highest BCUT2D eigenvalue weighted by molar-refractivity contribution is 9.10. The summed E-state index contributed by atoms with van der Waals surface area (Å²) in [6.07, 6.45) is 1.46. The van der Waals surface area contributed by atoms with Gasteiger partial charge in [0.25, 0.3) is 0 Å². The maximum absolute atomic E-state index is 11.7. The molecule has 2 aromatic rings. The van der Waals surface area contributed by atoms with Crippen molar-refractivity contribution >= 4 is 38.5 Å². The minimum Gasteiger partial charge on any atom is -0.462 e. The van der Waals surface area contributed by atoms with Crippen molar-refractivity contribution in [2.75, 3.05) is 12.3 Å². The minimum atomic E-state index is -0.443. The monoisotopic (exact) mass is 308 g/mol. The largest absolute Gasteiger partial charge is 0.462 e. The predicted octanol–water partition coefficient (Wildman–Crippen LogP) is 3.06. The first-order valence-corrected chi connectivity index (χ1v) is 6.36. The number of ether oxygens (including phenoxy) is 1. The lowest BCUT2D eigenvalue weighted by Crippen LogP contribution is -2.09. The van der Waals surface area contributed by atoms with Gasteiger partial charge in [-0.25, -0.2) is 4.79 Å². The average Bonchev–Trinajstić information content (AvgIpc) is 2.34. The third kappa shape index (κ3) is 2.06. The van der Waals surface area contributed by atoms with E-state index >= 15 is 0 Å². The molecular formula is C13H13BrN2O2. The number of hydrogen-bond acceptors (Lipinski definition) is 4. The Morgan fingerprint density at radius 2 is 2.22 bits per heavy atom. The van der Waals surface area contributed by atoms with Crippen LogP contribution >= 0.6 is 15.9 Å². The molecule has 0 saturated carbocycles. The zero-order chi connectivity index (χ0) is 13.3. The molecule has 0 saturated heterocycles. The lowest BCUT2D eigenvalue weighted by atomic mass is 10.1. The fourth-order valence-electron chi connectivity index (χ4n) is 1.72. The van der Waals surface area contributed by atoms with Crippen LogP contribution < -0.4 is 5.73 Å². The number of aryl methyl sites for hydroxylation is 1. The number of nitrogens with two attached hydrogens (primary N) is 1. The maximum Gasteiger partial charge on any atom is 0.341 e.